The molecule has 0 radical (unpaired) electrons. The summed E-state index contributed by atoms with van der Waals surface area (Å²) in [6.07, 6.45) is 4.66. The summed E-state index contributed by atoms with van der Waals surface area (Å²) in [4.78, 5) is 0. The first kappa shape index (κ1) is 8.32. The monoisotopic (exact) mass is 176 g/mol. The molecule has 1 aromatic rings. The number of hydrogen-bond donors (Lipinski definition) is 1. The fourth-order valence-corrected chi connectivity index (χ4v) is 1.58. The average Bonchev–Trinajstić information content (AvgIpc) is 2.62. The van der Waals surface area contributed by atoms with E-state index in [1.807, 2.05) is 24.3 Å². The molecule has 0 bridgehead atoms. The summed E-state index contributed by atoms with van der Waals surface area (Å²) in [5, 5.41) is 8.66. The van der Waals surface area contributed by atoms with Gasteiger partial charge in [0.15, 0.2) is 0 Å². The van der Waals surface area contributed by atoms with E-state index < -0.39 is 0 Å². The van der Waals surface area contributed by atoms with E-state index in [0.29, 0.717) is 0 Å². The van der Waals surface area contributed by atoms with E-state index in [-0.39, 0.29) is 6.61 Å². The zero-order valence-electron chi connectivity index (χ0n) is 7.36. The summed E-state index contributed by atoms with van der Waals surface area (Å²) in [5.74, 6) is 0.986. The highest BCUT2D eigenvalue weighted by Gasteiger charge is 2.13. The maximum atomic E-state index is 8.66. The van der Waals surface area contributed by atoms with Crippen molar-refractivity contribution in [3.63, 3.8) is 0 Å². The molecule has 2 heteroatoms. The van der Waals surface area contributed by atoms with Crippen LogP contribution in [0.15, 0.2) is 24.3 Å². The predicted octanol–water partition coefficient (Wildman–Crippen LogP) is 1.63. The molecular formula is C11H12O2. The third kappa shape index (κ3) is 1.58. The van der Waals surface area contributed by atoms with Crippen LogP contribution in [0.1, 0.15) is 11.1 Å². The van der Waals surface area contributed by atoms with Crippen LogP contribution >= 0.6 is 0 Å². The summed E-state index contributed by atoms with van der Waals surface area (Å²) < 4.78 is 5.42. The van der Waals surface area contributed by atoms with Gasteiger partial charge in [0.1, 0.15) is 5.75 Å². The molecule has 68 valence electrons. The largest absolute Gasteiger partial charge is 0.493 e. The zero-order chi connectivity index (χ0) is 9.10. The van der Waals surface area contributed by atoms with E-state index in [9.17, 15) is 0 Å². The predicted molar refractivity (Wildman–Crippen MR) is 51.8 cm³/mol. The molecule has 0 spiro atoms. The third-order valence-electron chi connectivity index (χ3n) is 2.18. The van der Waals surface area contributed by atoms with Gasteiger partial charge >= 0.3 is 0 Å². The number of ether oxygens (including phenoxy) is 1. The van der Waals surface area contributed by atoms with Crippen LogP contribution in [0.5, 0.6) is 5.75 Å². The van der Waals surface area contributed by atoms with Crippen molar-refractivity contribution < 1.29 is 9.84 Å². The van der Waals surface area contributed by atoms with E-state index >= 15 is 0 Å². The van der Waals surface area contributed by atoms with Crippen molar-refractivity contribution in [1.82, 2.24) is 0 Å². The molecular weight excluding hydrogens is 164 g/mol. The normalized spacial score (nSPS) is 14.5. The molecule has 0 unspecified atom stereocenters. The zero-order valence-corrected chi connectivity index (χ0v) is 7.36. The van der Waals surface area contributed by atoms with E-state index in [2.05, 4.69) is 0 Å². The molecule has 1 aromatic carbocycles. The topological polar surface area (TPSA) is 29.5 Å². The molecule has 1 aliphatic heterocycles. The smallest absolute Gasteiger partial charge is 0.123 e. The quantitative estimate of drug-likeness (QED) is 0.742. The molecule has 2 rings (SSSR count). The van der Waals surface area contributed by atoms with Crippen LogP contribution in [-0.2, 0) is 6.42 Å². The van der Waals surface area contributed by atoms with Gasteiger partial charge in [-0.05, 0) is 11.6 Å². The Morgan fingerprint density at radius 1 is 1.46 bits per heavy atom. The Bertz CT molecular complexity index is 329. The minimum atomic E-state index is 0.0878. The number of hydrogen-bond acceptors (Lipinski definition) is 2. The van der Waals surface area contributed by atoms with Crippen molar-refractivity contribution in [2.75, 3.05) is 13.2 Å². The molecule has 13 heavy (non-hydrogen) atoms. The van der Waals surface area contributed by atoms with Crippen LogP contribution < -0.4 is 4.74 Å². The molecule has 0 aliphatic carbocycles. The number of aliphatic hydroxyl groups excluding tert-OH is 1. The minimum absolute atomic E-state index is 0.0878. The maximum Gasteiger partial charge on any atom is 0.123 e. The molecule has 1 heterocycles. The summed E-state index contributed by atoms with van der Waals surface area (Å²) in [7, 11) is 0. The number of benzene rings is 1. The van der Waals surface area contributed by atoms with E-state index in [1.54, 1.807) is 6.08 Å². The van der Waals surface area contributed by atoms with Gasteiger partial charge in [-0.15, -0.1) is 0 Å². The average molecular weight is 176 g/mol. The van der Waals surface area contributed by atoms with Crippen LogP contribution in [0.3, 0.4) is 0 Å². The van der Waals surface area contributed by atoms with Gasteiger partial charge in [0, 0.05) is 12.0 Å². The Morgan fingerprint density at radius 3 is 3.23 bits per heavy atom. The minimum Gasteiger partial charge on any atom is -0.493 e. The lowest BCUT2D eigenvalue weighted by molar-refractivity contribution is 0.343. The fourth-order valence-electron chi connectivity index (χ4n) is 1.58. The van der Waals surface area contributed by atoms with Crippen LogP contribution in [0, 0.1) is 0 Å². The summed E-state index contributed by atoms with van der Waals surface area (Å²) in [5.41, 5.74) is 2.41. The molecule has 1 aliphatic rings. The Hall–Kier alpha value is -1.28. The molecule has 0 saturated heterocycles. The SMILES string of the molecule is OCC=Cc1cccc2c1CCO2. The van der Waals surface area contributed by atoms with Gasteiger partial charge in [-0.3, -0.25) is 0 Å². The summed E-state index contributed by atoms with van der Waals surface area (Å²) >= 11 is 0. The van der Waals surface area contributed by atoms with E-state index in [1.165, 1.54) is 5.56 Å². The lowest BCUT2D eigenvalue weighted by Crippen LogP contribution is -1.86. The third-order valence-corrected chi connectivity index (χ3v) is 2.18. The first-order chi connectivity index (χ1) is 6.42. The molecule has 1 N–H and O–H groups in total. The Balaban J connectivity index is 2.36. The first-order valence-corrected chi connectivity index (χ1v) is 4.44. The Kier molecular flexibility index (Phi) is 2.32. The van der Waals surface area contributed by atoms with Crippen molar-refractivity contribution in [3.05, 3.63) is 35.4 Å². The lowest BCUT2D eigenvalue weighted by atomic mass is 10.1. The maximum absolute atomic E-state index is 8.66. The molecule has 0 atom stereocenters. The van der Waals surface area contributed by atoms with Crippen molar-refractivity contribution in [3.8, 4) is 5.75 Å². The van der Waals surface area contributed by atoms with Gasteiger partial charge in [-0.1, -0.05) is 24.3 Å². The number of aliphatic hydroxyl groups is 1. The lowest BCUT2D eigenvalue weighted by Gasteiger charge is -2.01. The van der Waals surface area contributed by atoms with Crippen molar-refractivity contribution in [2.45, 2.75) is 6.42 Å². The molecule has 2 nitrogen and oxygen atoms in total. The standard InChI is InChI=1S/C11H12O2/c12-7-2-4-9-3-1-5-11-10(9)6-8-13-11/h1-5,12H,6-8H2. The summed E-state index contributed by atoms with van der Waals surface area (Å²) in [6.45, 7) is 0.865. The van der Waals surface area contributed by atoms with Crippen LogP contribution in [0.25, 0.3) is 6.08 Å². The second kappa shape index (κ2) is 3.62. The summed E-state index contributed by atoms with van der Waals surface area (Å²) in [6, 6.07) is 6.00. The Morgan fingerprint density at radius 2 is 2.38 bits per heavy atom. The highest BCUT2D eigenvalue weighted by molar-refractivity contribution is 5.59. The first-order valence-electron chi connectivity index (χ1n) is 4.44. The second-order valence-electron chi connectivity index (χ2n) is 3.01. The van der Waals surface area contributed by atoms with Gasteiger partial charge in [-0.25, -0.2) is 0 Å². The van der Waals surface area contributed by atoms with Gasteiger partial charge in [0.25, 0.3) is 0 Å². The van der Waals surface area contributed by atoms with Gasteiger partial charge in [0.2, 0.25) is 0 Å². The van der Waals surface area contributed by atoms with E-state index in [0.717, 1.165) is 24.3 Å². The van der Waals surface area contributed by atoms with Gasteiger partial charge < -0.3 is 9.84 Å². The molecule has 0 fully saturated rings. The second-order valence-corrected chi connectivity index (χ2v) is 3.01. The van der Waals surface area contributed by atoms with Crippen LogP contribution in [0.2, 0.25) is 0 Å². The van der Waals surface area contributed by atoms with Crippen LogP contribution in [0.4, 0.5) is 0 Å². The van der Waals surface area contributed by atoms with Crippen LogP contribution in [-0.4, -0.2) is 18.3 Å². The van der Waals surface area contributed by atoms with Crippen molar-refractivity contribution >= 4 is 6.08 Å². The fraction of sp³-hybridized carbons (Fsp3) is 0.273. The van der Waals surface area contributed by atoms with Gasteiger partial charge in [-0.2, -0.15) is 0 Å². The Labute approximate surface area is 77.5 Å². The number of rotatable bonds is 2. The molecule has 0 amide bonds. The van der Waals surface area contributed by atoms with Crippen molar-refractivity contribution in [2.24, 2.45) is 0 Å². The highest BCUT2D eigenvalue weighted by Crippen LogP contribution is 2.28. The molecule has 0 saturated carbocycles. The number of fused-ring (bicyclic) bond motifs is 1. The molecule has 0 aromatic heterocycles. The van der Waals surface area contributed by atoms with Crippen molar-refractivity contribution in [1.29, 1.82) is 0 Å². The van der Waals surface area contributed by atoms with E-state index in [4.69, 9.17) is 9.84 Å². The van der Waals surface area contributed by atoms with Gasteiger partial charge in [0.05, 0.1) is 13.2 Å². The highest BCUT2D eigenvalue weighted by atomic mass is 16.5.